The normalized spacial score (nSPS) is 23.6. The summed E-state index contributed by atoms with van der Waals surface area (Å²) < 4.78 is 18.0. The first-order chi connectivity index (χ1) is 14.0. The number of fused-ring (bicyclic) bond motifs is 1. The molecule has 3 heterocycles. The highest BCUT2D eigenvalue weighted by Gasteiger charge is 2.41. The smallest absolute Gasteiger partial charge is 0.242 e. The van der Waals surface area contributed by atoms with Crippen LogP contribution in [0.25, 0.3) is 0 Å². The molecule has 2 fully saturated rings. The number of hydrogen-bond donors (Lipinski definition) is 1. The summed E-state index contributed by atoms with van der Waals surface area (Å²) in [4.78, 5) is 27.6. The van der Waals surface area contributed by atoms with Crippen molar-refractivity contribution in [1.82, 2.24) is 15.1 Å². The van der Waals surface area contributed by atoms with Gasteiger partial charge in [-0.1, -0.05) is 12.1 Å². The van der Waals surface area contributed by atoms with Crippen LogP contribution in [0.2, 0.25) is 0 Å². The molecule has 2 amide bonds. The highest BCUT2D eigenvalue weighted by atomic mass is 16.6. The predicted molar refractivity (Wildman–Crippen MR) is 106 cm³/mol. The first kappa shape index (κ1) is 20.0. The van der Waals surface area contributed by atoms with E-state index in [-0.39, 0.29) is 30.1 Å². The summed E-state index contributed by atoms with van der Waals surface area (Å²) in [6.45, 7) is 6.36. The molecule has 1 spiro atoms. The van der Waals surface area contributed by atoms with Gasteiger partial charge in [0.2, 0.25) is 11.8 Å². The number of benzene rings is 1. The van der Waals surface area contributed by atoms with Gasteiger partial charge in [-0.15, -0.1) is 0 Å². The van der Waals surface area contributed by atoms with Gasteiger partial charge in [0.1, 0.15) is 12.7 Å². The summed E-state index contributed by atoms with van der Waals surface area (Å²) in [6, 6.07) is 7.76. The maximum Gasteiger partial charge on any atom is 0.242 e. The Balaban J connectivity index is 1.26. The predicted octanol–water partition coefficient (Wildman–Crippen LogP) is 0.656. The molecule has 0 aliphatic carbocycles. The first-order valence-electron chi connectivity index (χ1n) is 10.3. The number of hydrogen-bond acceptors (Lipinski definition) is 6. The average molecular weight is 403 g/mol. The number of carbonyl (C=O) groups is 2. The maximum atomic E-state index is 12.4. The molecule has 3 aliphatic heterocycles. The molecule has 0 radical (unpaired) electrons. The number of amides is 2. The zero-order valence-corrected chi connectivity index (χ0v) is 16.9. The van der Waals surface area contributed by atoms with Gasteiger partial charge in [-0.3, -0.25) is 14.5 Å². The summed E-state index contributed by atoms with van der Waals surface area (Å²) in [5, 5.41) is 2.59. The number of nitrogens with zero attached hydrogens (tertiary/aromatic N) is 2. The number of piperidine rings is 1. The molecule has 3 aliphatic rings. The van der Waals surface area contributed by atoms with E-state index in [9.17, 15) is 9.59 Å². The molecule has 29 heavy (non-hydrogen) atoms. The second kappa shape index (κ2) is 8.59. The number of para-hydroxylation sites is 2. The van der Waals surface area contributed by atoms with Crippen molar-refractivity contribution in [2.75, 3.05) is 52.5 Å². The number of morpholine rings is 1. The summed E-state index contributed by atoms with van der Waals surface area (Å²) in [5.41, 5.74) is -0.281. The first-order valence-corrected chi connectivity index (χ1v) is 10.3. The van der Waals surface area contributed by atoms with Crippen molar-refractivity contribution in [3.05, 3.63) is 24.3 Å². The van der Waals surface area contributed by atoms with Crippen molar-refractivity contribution >= 4 is 11.8 Å². The molecular weight excluding hydrogens is 374 g/mol. The van der Waals surface area contributed by atoms with Gasteiger partial charge in [-0.05, 0) is 25.0 Å². The molecule has 8 heteroatoms. The van der Waals surface area contributed by atoms with Crippen LogP contribution in [0.15, 0.2) is 24.3 Å². The lowest BCUT2D eigenvalue weighted by atomic mass is 9.89. The number of likely N-dealkylation sites (tertiary alicyclic amines) is 1. The van der Waals surface area contributed by atoms with Crippen LogP contribution in [0.4, 0.5) is 0 Å². The lowest BCUT2D eigenvalue weighted by molar-refractivity contribution is -0.159. The molecule has 0 saturated carbocycles. The fourth-order valence-electron chi connectivity index (χ4n) is 4.26. The van der Waals surface area contributed by atoms with E-state index in [4.69, 9.17) is 14.2 Å². The van der Waals surface area contributed by atoms with Crippen molar-refractivity contribution in [1.29, 1.82) is 0 Å². The van der Waals surface area contributed by atoms with E-state index >= 15 is 0 Å². The minimum Gasteiger partial charge on any atom is -0.486 e. The van der Waals surface area contributed by atoms with E-state index in [2.05, 4.69) is 10.2 Å². The van der Waals surface area contributed by atoms with E-state index in [0.29, 0.717) is 26.3 Å². The monoisotopic (exact) mass is 403 g/mol. The Morgan fingerprint density at radius 2 is 1.93 bits per heavy atom. The van der Waals surface area contributed by atoms with Crippen molar-refractivity contribution in [2.45, 2.75) is 31.5 Å². The van der Waals surface area contributed by atoms with Crippen LogP contribution in [0.3, 0.4) is 0 Å². The van der Waals surface area contributed by atoms with E-state index < -0.39 is 0 Å². The Morgan fingerprint density at radius 3 is 2.69 bits per heavy atom. The third kappa shape index (κ3) is 4.82. The van der Waals surface area contributed by atoms with Crippen LogP contribution in [0, 0.1) is 0 Å². The molecule has 0 bridgehead atoms. The Hall–Kier alpha value is -2.32. The van der Waals surface area contributed by atoms with Crippen LogP contribution >= 0.6 is 0 Å². The van der Waals surface area contributed by atoms with Gasteiger partial charge >= 0.3 is 0 Å². The zero-order valence-electron chi connectivity index (χ0n) is 16.9. The van der Waals surface area contributed by atoms with Crippen molar-refractivity contribution in [3.8, 4) is 11.5 Å². The molecule has 1 unspecified atom stereocenters. The van der Waals surface area contributed by atoms with E-state index in [1.165, 1.54) is 6.92 Å². The van der Waals surface area contributed by atoms with Crippen LogP contribution in [-0.2, 0) is 14.3 Å². The lowest BCUT2D eigenvalue weighted by Gasteiger charge is -2.47. The summed E-state index contributed by atoms with van der Waals surface area (Å²) in [6.07, 6.45) is 1.77. The SMILES string of the molecule is CC(=O)NCC(=O)N1CCOC2(CCN(CC3COc4ccccc4O3)CC2)C1. The maximum absolute atomic E-state index is 12.4. The van der Waals surface area contributed by atoms with Gasteiger partial charge in [-0.25, -0.2) is 0 Å². The van der Waals surface area contributed by atoms with Gasteiger partial charge in [0.15, 0.2) is 11.5 Å². The Labute approximate surface area is 171 Å². The third-order valence-corrected chi connectivity index (χ3v) is 5.89. The number of nitrogens with one attached hydrogen (secondary N) is 1. The largest absolute Gasteiger partial charge is 0.486 e. The van der Waals surface area contributed by atoms with E-state index in [0.717, 1.165) is 44.0 Å². The topological polar surface area (TPSA) is 80.3 Å². The van der Waals surface area contributed by atoms with Crippen molar-refractivity contribution in [3.63, 3.8) is 0 Å². The quantitative estimate of drug-likeness (QED) is 0.796. The van der Waals surface area contributed by atoms with Gasteiger partial charge in [0, 0.05) is 39.6 Å². The average Bonchev–Trinajstić information content (AvgIpc) is 2.74. The van der Waals surface area contributed by atoms with Gasteiger partial charge in [0.25, 0.3) is 0 Å². The Bertz CT molecular complexity index is 748. The second-order valence-corrected chi connectivity index (χ2v) is 8.05. The number of carbonyl (C=O) groups excluding carboxylic acids is 2. The van der Waals surface area contributed by atoms with Gasteiger partial charge in [-0.2, -0.15) is 0 Å². The molecule has 1 aromatic carbocycles. The van der Waals surface area contributed by atoms with E-state index in [1.807, 2.05) is 29.2 Å². The standard InChI is InChI=1S/C21H29N3O5/c1-16(25)22-12-20(26)24-10-11-28-21(15-24)6-8-23(9-7-21)13-17-14-27-18-4-2-3-5-19(18)29-17/h2-5,17H,6-15H2,1H3,(H,22,25). The molecule has 4 rings (SSSR count). The van der Waals surface area contributed by atoms with Crippen LogP contribution in [0.5, 0.6) is 11.5 Å². The Kier molecular flexibility index (Phi) is 5.91. The molecule has 2 saturated heterocycles. The molecule has 8 nitrogen and oxygen atoms in total. The fourth-order valence-corrected chi connectivity index (χ4v) is 4.26. The molecular formula is C21H29N3O5. The molecule has 158 valence electrons. The van der Waals surface area contributed by atoms with Crippen LogP contribution < -0.4 is 14.8 Å². The number of ether oxygens (including phenoxy) is 3. The van der Waals surface area contributed by atoms with E-state index in [1.54, 1.807) is 0 Å². The summed E-state index contributed by atoms with van der Waals surface area (Å²) >= 11 is 0. The third-order valence-electron chi connectivity index (χ3n) is 5.89. The molecule has 1 aromatic rings. The van der Waals surface area contributed by atoms with Crippen molar-refractivity contribution in [2.24, 2.45) is 0 Å². The number of rotatable bonds is 4. The molecule has 1 N–H and O–H groups in total. The Morgan fingerprint density at radius 1 is 1.17 bits per heavy atom. The molecule has 0 aromatic heterocycles. The summed E-state index contributed by atoms with van der Waals surface area (Å²) in [5.74, 6) is 1.38. The fraction of sp³-hybridized carbons (Fsp3) is 0.619. The van der Waals surface area contributed by atoms with Crippen LogP contribution in [0.1, 0.15) is 19.8 Å². The van der Waals surface area contributed by atoms with Gasteiger partial charge in [0.05, 0.1) is 18.8 Å². The van der Waals surface area contributed by atoms with Crippen LogP contribution in [-0.4, -0.2) is 85.8 Å². The highest BCUT2D eigenvalue weighted by molar-refractivity contribution is 5.83. The highest BCUT2D eigenvalue weighted by Crippen LogP contribution is 2.33. The second-order valence-electron chi connectivity index (χ2n) is 8.05. The zero-order chi connectivity index (χ0) is 20.3. The minimum atomic E-state index is -0.281. The summed E-state index contributed by atoms with van der Waals surface area (Å²) in [7, 11) is 0. The van der Waals surface area contributed by atoms with Gasteiger partial charge < -0.3 is 24.4 Å². The minimum absolute atomic E-state index is 0.0157. The van der Waals surface area contributed by atoms with Crippen molar-refractivity contribution < 1.29 is 23.8 Å². The molecule has 1 atom stereocenters. The lowest BCUT2D eigenvalue weighted by Crippen LogP contribution is -2.59.